The number of hydrogen-bond donors (Lipinski definition) is 0. The van der Waals surface area contributed by atoms with Crippen LogP contribution in [0, 0.1) is 28.4 Å². The van der Waals surface area contributed by atoms with E-state index in [1.807, 2.05) is 13.0 Å². The number of nitro benzene ring substituents is 1. The van der Waals surface area contributed by atoms with Crippen LogP contribution in [-0.4, -0.2) is 9.91 Å². The van der Waals surface area contributed by atoms with Gasteiger partial charge in [0.15, 0.2) is 0 Å². The molecular formula is C13H8BrN3O3. The van der Waals surface area contributed by atoms with Gasteiger partial charge < -0.3 is 4.74 Å². The fraction of sp³-hybridized carbons (Fsp3) is 0.0769. The smallest absolute Gasteiger partial charge is 0.312 e. The lowest BCUT2D eigenvalue weighted by Gasteiger charge is -2.06. The molecule has 0 aliphatic rings. The van der Waals surface area contributed by atoms with Crippen molar-refractivity contribution < 1.29 is 9.66 Å². The molecule has 0 N–H and O–H groups in total. The molecule has 100 valence electrons. The summed E-state index contributed by atoms with van der Waals surface area (Å²) < 4.78 is 6.24. The van der Waals surface area contributed by atoms with E-state index in [-0.39, 0.29) is 22.9 Å². The highest BCUT2D eigenvalue weighted by Crippen LogP contribution is 2.32. The van der Waals surface area contributed by atoms with Gasteiger partial charge in [-0.1, -0.05) is 0 Å². The standard InChI is InChI=1S/C13H8BrN3O3/c1-8-4-13(16-7-10(8)14)20-12-3-2-9(6-15)5-11(12)17(18)19/h2-5,7H,1H3. The van der Waals surface area contributed by atoms with E-state index in [4.69, 9.17) is 10.00 Å². The SMILES string of the molecule is Cc1cc(Oc2ccc(C#N)cc2[N+](=O)[O-])ncc1Br. The first-order valence-corrected chi connectivity index (χ1v) is 6.29. The third-order valence-electron chi connectivity index (χ3n) is 2.52. The number of pyridine rings is 1. The Morgan fingerprint density at radius 1 is 1.45 bits per heavy atom. The van der Waals surface area contributed by atoms with Crippen LogP contribution in [0.4, 0.5) is 5.69 Å². The van der Waals surface area contributed by atoms with Gasteiger partial charge >= 0.3 is 5.69 Å². The largest absolute Gasteiger partial charge is 0.432 e. The Bertz CT molecular complexity index is 725. The molecule has 0 fully saturated rings. The number of hydrogen-bond acceptors (Lipinski definition) is 5. The number of nitrogens with zero attached hydrogens (tertiary/aromatic N) is 3. The van der Waals surface area contributed by atoms with Crippen LogP contribution in [0.5, 0.6) is 11.6 Å². The predicted molar refractivity (Wildman–Crippen MR) is 74.6 cm³/mol. The first-order valence-electron chi connectivity index (χ1n) is 5.50. The Morgan fingerprint density at radius 3 is 2.80 bits per heavy atom. The molecule has 1 heterocycles. The van der Waals surface area contributed by atoms with Crippen LogP contribution in [0.2, 0.25) is 0 Å². The number of benzene rings is 1. The maximum atomic E-state index is 11.0. The molecule has 0 aliphatic heterocycles. The van der Waals surface area contributed by atoms with Crippen molar-refractivity contribution in [2.24, 2.45) is 0 Å². The van der Waals surface area contributed by atoms with Gasteiger partial charge in [-0.15, -0.1) is 0 Å². The number of rotatable bonds is 3. The van der Waals surface area contributed by atoms with E-state index in [0.29, 0.717) is 0 Å². The van der Waals surface area contributed by atoms with Crippen molar-refractivity contribution in [3.63, 3.8) is 0 Å². The molecule has 7 heteroatoms. The third-order valence-corrected chi connectivity index (χ3v) is 3.35. The average Bonchev–Trinajstić information content (AvgIpc) is 2.43. The lowest BCUT2D eigenvalue weighted by molar-refractivity contribution is -0.385. The lowest BCUT2D eigenvalue weighted by Crippen LogP contribution is -1.96. The van der Waals surface area contributed by atoms with E-state index < -0.39 is 4.92 Å². The van der Waals surface area contributed by atoms with Gasteiger partial charge in [0.05, 0.1) is 16.6 Å². The Hall–Kier alpha value is -2.46. The Morgan fingerprint density at radius 2 is 2.20 bits per heavy atom. The highest BCUT2D eigenvalue weighted by molar-refractivity contribution is 9.10. The Labute approximate surface area is 122 Å². The number of aryl methyl sites for hydroxylation is 1. The summed E-state index contributed by atoms with van der Waals surface area (Å²) in [4.78, 5) is 14.4. The zero-order valence-corrected chi connectivity index (χ0v) is 11.9. The van der Waals surface area contributed by atoms with Gasteiger partial charge in [-0.2, -0.15) is 5.26 Å². The second-order valence-electron chi connectivity index (χ2n) is 3.93. The van der Waals surface area contributed by atoms with Crippen molar-refractivity contribution in [2.45, 2.75) is 6.92 Å². The molecule has 0 radical (unpaired) electrons. The van der Waals surface area contributed by atoms with Crippen molar-refractivity contribution in [3.05, 3.63) is 56.2 Å². The van der Waals surface area contributed by atoms with Crippen LogP contribution in [0.15, 0.2) is 34.9 Å². The summed E-state index contributed by atoms with van der Waals surface area (Å²) in [5.74, 6) is 0.293. The van der Waals surface area contributed by atoms with E-state index >= 15 is 0 Å². The van der Waals surface area contributed by atoms with E-state index in [0.717, 1.165) is 10.0 Å². The monoisotopic (exact) mass is 333 g/mol. The maximum Gasteiger partial charge on any atom is 0.312 e. The van der Waals surface area contributed by atoms with Crippen LogP contribution in [0.25, 0.3) is 0 Å². The third kappa shape index (κ3) is 2.92. The molecule has 0 saturated heterocycles. The zero-order chi connectivity index (χ0) is 14.7. The molecular weight excluding hydrogens is 326 g/mol. The number of nitro groups is 1. The van der Waals surface area contributed by atoms with Crippen molar-refractivity contribution >= 4 is 21.6 Å². The first-order chi connectivity index (χ1) is 9.51. The van der Waals surface area contributed by atoms with E-state index in [1.54, 1.807) is 12.3 Å². The molecule has 2 aromatic rings. The summed E-state index contributed by atoms with van der Waals surface area (Å²) in [5.41, 5.74) is 0.821. The molecule has 6 nitrogen and oxygen atoms in total. The van der Waals surface area contributed by atoms with Crippen LogP contribution in [0.1, 0.15) is 11.1 Å². The van der Waals surface area contributed by atoms with Gasteiger partial charge in [0, 0.05) is 22.8 Å². The fourth-order valence-corrected chi connectivity index (χ4v) is 1.71. The second-order valence-corrected chi connectivity index (χ2v) is 4.78. The Kier molecular flexibility index (Phi) is 3.96. The molecule has 0 bridgehead atoms. The molecule has 0 aliphatic carbocycles. The predicted octanol–water partition coefficient (Wildman–Crippen LogP) is 3.72. The van der Waals surface area contributed by atoms with Crippen LogP contribution in [0.3, 0.4) is 0 Å². The summed E-state index contributed by atoms with van der Waals surface area (Å²) in [7, 11) is 0. The van der Waals surface area contributed by atoms with Crippen LogP contribution < -0.4 is 4.74 Å². The molecule has 20 heavy (non-hydrogen) atoms. The molecule has 1 aromatic heterocycles. The van der Waals surface area contributed by atoms with Crippen molar-refractivity contribution in [2.75, 3.05) is 0 Å². The Balaban J connectivity index is 2.40. The first kappa shape index (κ1) is 14.0. The summed E-state index contributed by atoms with van der Waals surface area (Å²) in [6.45, 7) is 1.85. The summed E-state index contributed by atoms with van der Waals surface area (Å²) in [6, 6.07) is 7.51. The number of halogens is 1. The highest BCUT2D eigenvalue weighted by Gasteiger charge is 2.17. The van der Waals surface area contributed by atoms with Gasteiger partial charge in [-0.25, -0.2) is 4.98 Å². The minimum atomic E-state index is -0.595. The van der Waals surface area contributed by atoms with Gasteiger partial charge in [-0.05, 0) is 40.5 Å². The molecule has 0 unspecified atom stereocenters. The highest BCUT2D eigenvalue weighted by atomic mass is 79.9. The topological polar surface area (TPSA) is 89.0 Å². The maximum absolute atomic E-state index is 11.0. The van der Waals surface area contributed by atoms with E-state index in [1.165, 1.54) is 18.2 Å². The van der Waals surface area contributed by atoms with Crippen molar-refractivity contribution in [1.29, 1.82) is 5.26 Å². The summed E-state index contributed by atoms with van der Waals surface area (Å²) in [5, 5.41) is 19.7. The minimum Gasteiger partial charge on any atom is -0.432 e. The van der Waals surface area contributed by atoms with Gasteiger partial charge in [-0.3, -0.25) is 10.1 Å². The zero-order valence-electron chi connectivity index (χ0n) is 10.3. The summed E-state index contributed by atoms with van der Waals surface area (Å²) >= 11 is 3.31. The van der Waals surface area contributed by atoms with Crippen molar-refractivity contribution in [3.8, 4) is 17.7 Å². The van der Waals surface area contributed by atoms with Gasteiger partial charge in [0.2, 0.25) is 11.6 Å². The number of nitriles is 1. The quantitative estimate of drug-likeness (QED) is 0.630. The minimum absolute atomic E-state index is 0.0447. The average molecular weight is 334 g/mol. The van der Waals surface area contributed by atoms with Crippen molar-refractivity contribution in [1.82, 2.24) is 4.98 Å². The molecule has 0 atom stereocenters. The van der Waals surface area contributed by atoms with Gasteiger partial charge in [0.1, 0.15) is 0 Å². The normalized spacial score (nSPS) is 9.85. The molecule has 2 rings (SSSR count). The lowest BCUT2D eigenvalue weighted by atomic mass is 10.2. The van der Waals surface area contributed by atoms with Gasteiger partial charge in [0.25, 0.3) is 0 Å². The van der Waals surface area contributed by atoms with Crippen LogP contribution >= 0.6 is 15.9 Å². The summed E-state index contributed by atoms with van der Waals surface area (Å²) in [6.07, 6.45) is 1.56. The second kappa shape index (κ2) is 5.67. The fourth-order valence-electron chi connectivity index (χ4n) is 1.50. The van der Waals surface area contributed by atoms with E-state index in [9.17, 15) is 10.1 Å². The molecule has 1 aromatic carbocycles. The number of aromatic nitrogens is 1. The molecule has 0 saturated carbocycles. The molecule has 0 spiro atoms. The van der Waals surface area contributed by atoms with E-state index in [2.05, 4.69) is 20.9 Å². The number of ether oxygens (including phenoxy) is 1. The molecule has 0 amide bonds. The van der Waals surface area contributed by atoms with Crippen LogP contribution in [-0.2, 0) is 0 Å².